The second-order valence-corrected chi connectivity index (χ2v) is 23.1. The third-order valence-corrected chi connectivity index (χ3v) is 15.4. The molecular weight excluding hydrogens is 925 g/mol. The van der Waals surface area contributed by atoms with Crippen molar-refractivity contribution in [2.75, 3.05) is 13.2 Å². The first kappa shape index (κ1) is 72.9. The molecule has 0 spiro atoms. The summed E-state index contributed by atoms with van der Waals surface area (Å²) in [4.78, 5) is 38.4. The van der Waals surface area contributed by atoms with Gasteiger partial charge in [-0.2, -0.15) is 0 Å². The lowest BCUT2D eigenvalue weighted by Gasteiger charge is -2.18. The second kappa shape index (κ2) is 64.4. The molecule has 0 N–H and O–H groups in total. The number of carbonyl (C=O) groups is 3. The van der Waals surface area contributed by atoms with Crippen LogP contribution in [0.4, 0.5) is 0 Å². The number of carbonyl (C=O) groups excluding carboxylic acids is 3. The summed E-state index contributed by atoms with van der Waals surface area (Å²) in [5.74, 6) is -0.848. The Bertz CT molecular complexity index is 1210. The Morgan fingerprint density at radius 1 is 0.253 bits per heavy atom. The molecular formula is C69H130O6. The monoisotopic (exact) mass is 1050 g/mol. The lowest BCUT2D eigenvalue weighted by Crippen LogP contribution is -2.30. The van der Waals surface area contributed by atoms with Crippen LogP contribution in [0.5, 0.6) is 0 Å². The van der Waals surface area contributed by atoms with Gasteiger partial charge in [-0.05, 0) is 70.6 Å². The van der Waals surface area contributed by atoms with Crippen molar-refractivity contribution in [3.05, 3.63) is 24.3 Å². The van der Waals surface area contributed by atoms with Gasteiger partial charge in [-0.15, -0.1) is 0 Å². The summed E-state index contributed by atoms with van der Waals surface area (Å²) in [6.07, 6.45) is 77.6. The fraction of sp³-hybridized carbons (Fsp3) is 0.899. The van der Waals surface area contributed by atoms with Gasteiger partial charge in [-0.3, -0.25) is 14.4 Å². The van der Waals surface area contributed by atoms with E-state index >= 15 is 0 Å². The molecule has 1 unspecified atom stereocenters. The normalized spacial score (nSPS) is 12.1. The summed E-state index contributed by atoms with van der Waals surface area (Å²) < 4.78 is 17.0. The molecule has 6 heteroatoms. The van der Waals surface area contributed by atoms with E-state index in [1.807, 2.05) is 0 Å². The molecule has 0 saturated carbocycles. The van der Waals surface area contributed by atoms with Crippen LogP contribution in [0.2, 0.25) is 0 Å². The van der Waals surface area contributed by atoms with Gasteiger partial charge in [0.1, 0.15) is 13.2 Å². The Labute approximate surface area is 468 Å². The van der Waals surface area contributed by atoms with Gasteiger partial charge in [-0.1, -0.05) is 315 Å². The number of esters is 3. The van der Waals surface area contributed by atoms with Crippen LogP contribution in [-0.2, 0) is 28.6 Å². The maximum Gasteiger partial charge on any atom is 0.306 e. The first-order valence-electron chi connectivity index (χ1n) is 33.8. The van der Waals surface area contributed by atoms with Crippen LogP contribution in [0, 0.1) is 0 Å². The van der Waals surface area contributed by atoms with Gasteiger partial charge in [0.15, 0.2) is 6.10 Å². The molecule has 0 saturated heterocycles. The minimum absolute atomic E-state index is 0.0690. The molecule has 0 aromatic heterocycles. The van der Waals surface area contributed by atoms with Gasteiger partial charge in [0.05, 0.1) is 0 Å². The van der Waals surface area contributed by atoms with E-state index in [0.717, 1.165) is 57.8 Å². The standard InChI is InChI=1S/C69H130O6/c1-4-7-10-13-16-19-22-25-28-31-34-37-40-43-46-49-52-55-58-61-67(70)73-64-66(75-69(72)63-60-57-54-51-48-45-42-39-36-33-30-27-24-21-18-15-12-9-6-3)65-74-68(71)62-59-56-53-50-47-44-41-38-35-32-29-26-23-20-17-14-11-8-5-2/h31,33-34,36,66H,4-30,32,35,37-65H2,1-3H3/b34-31-,36-33-. The van der Waals surface area contributed by atoms with Crippen molar-refractivity contribution >= 4 is 17.9 Å². The summed E-state index contributed by atoms with van der Waals surface area (Å²) in [6.45, 7) is 6.71. The fourth-order valence-electron chi connectivity index (χ4n) is 10.3. The molecule has 75 heavy (non-hydrogen) atoms. The lowest BCUT2D eigenvalue weighted by atomic mass is 10.0. The second-order valence-electron chi connectivity index (χ2n) is 23.1. The van der Waals surface area contributed by atoms with Crippen LogP contribution in [0.25, 0.3) is 0 Å². The molecule has 0 radical (unpaired) electrons. The molecule has 0 amide bonds. The summed E-state index contributed by atoms with van der Waals surface area (Å²) >= 11 is 0. The Kier molecular flexibility index (Phi) is 62.6. The molecule has 6 nitrogen and oxygen atoms in total. The average Bonchev–Trinajstić information content (AvgIpc) is 3.41. The zero-order chi connectivity index (χ0) is 54.3. The van der Waals surface area contributed by atoms with Gasteiger partial charge >= 0.3 is 17.9 Å². The van der Waals surface area contributed by atoms with Crippen LogP contribution in [0.3, 0.4) is 0 Å². The molecule has 0 aliphatic carbocycles. The van der Waals surface area contributed by atoms with E-state index in [1.54, 1.807) is 0 Å². The molecule has 0 aromatic rings. The predicted octanol–water partition coefficient (Wildman–Crippen LogP) is 23.0. The van der Waals surface area contributed by atoms with Crippen molar-refractivity contribution in [3.8, 4) is 0 Å². The van der Waals surface area contributed by atoms with Crippen molar-refractivity contribution in [1.29, 1.82) is 0 Å². The van der Waals surface area contributed by atoms with E-state index in [2.05, 4.69) is 45.1 Å². The van der Waals surface area contributed by atoms with Crippen molar-refractivity contribution in [2.24, 2.45) is 0 Å². The van der Waals surface area contributed by atoms with Crippen molar-refractivity contribution in [2.45, 2.75) is 386 Å². The Morgan fingerprint density at radius 3 is 0.667 bits per heavy atom. The SMILES string of the molecule is CCCCCCCCCC/C=C\CCCCCCCCCC(=O)OCC(COC(=O)CCCCCCCCCCCCCCCCCCCCC)OC(=O)CCCCCCCCC/C=C\CCCCCCCCCC. The Balaban J connectivity index is 4.33. The molecule has 0 fully saturated rings. The van der Waals surface area contributed by atoms with Crippen molar-refractivity contribution in [1.82, 2.24) is 0 Å². The van der Waals surface area contributed by atoms with E-state index in [1.165, 1.54) is 283 Å². The largest absolute Gasteiger partial charge is 0.462 e. The smallest absolute Gasteiger partial charge is 0.306 e. The molecule has 0 aliphatic rings. The molecule has 442 valence electrons. The van der Waals surface area contributed by atoms with Crippen molar-refractivity contribution in [3.63, 3.8) is 0 Å². The average molecular weight is 1060 g/mol. The lowest BCUT2D eigenvalue weighted by molar-refractivity contribution is -0.167. The highest BCUT2D eigenvalue weighted by molar-refractivity contribution is 5.71. The predicted molar refractivity (Wildman–Crippen MR) is 326 cm³/mol. The first-order valence-corrected chi connectivity index (χ1v) is 33.8. The number of unbranched alkanes of at least 4 members (excludes halogenated alkanes) is 48. The third kappa shape index (κ3) is 62.6. The Hall–Kier alpha value is -2.11. The maximum atomic E-state index is 12.9. The highest BCUT2D eigenvalue weighted by Gasteiger charge is 2.19. The molecule has 1 atom stereocenters. The van der Waals surface area contributed by atoms with Gasteiger partial charge in [0.2, 0.25) is 0 Å². The maximum absolute atomic E-state index is 12.9. The topological polar surface area (TPSA) is 78.9 Å². The number of hydrogen-bond donors (Lipinski definition) is 0. The van der Waals surface area contributed by atoms with Crippen LogP contribution < -0.4 is 0 Å². The highest BCUT2D eigenvalue weighted by Crippen LogP contribution is 2.18. The number of ether oxygens (including phenoxy) is 3. The summed E-state index contributed by atoms with van der Waals surface area (Å²) in [7, 11) is 0. The molecule has 0 rings (SSSR count). The zero-order valence-electron chi connectivity index (χ0n) is 50.8. The zero-order valence-corrected chi connectivity index (χ0v) is 50.8. The van der Waals surface area contributed by atoms with Crippen LogP contribution >= 0.6 is 0 Å². The van der Waals surface area contributed by atoms with E-state index < -0.39 is 6.10 Å². The van der Waals surface area contributed by atoms with E-state index in [9.17, 15) is 14.4 Å². The Morgan fingerprint density at radius 2 is 0.440 bits per heavy atom. The number of rotatable bonds is 63. The van der Waals surface area contributed by atoms with Gasteiger partial charge in [0.25, 0.3) is 0 Å². The van der Waals surface area contributed by atoms with E-state index in [-0.39, 0.29) is 31.1 Å². The van der Waals surface area contributed by atoms with E-state index in [4.69, 9.17) is 14.2 Å². The number of hydrogen-bond acceptors (Lipinski definition) is 6. The fourth-order valence-corrected chi connectivity index (χ4v) is 10.3. The quantitative estimate of drug-likeness (QED) is 0.0261. The molecule has 0 heterocycles. The van der Waals surface area contributed by atoms with Gasteiger partial charge in [0, 0.05) is 19.3 Å². The minimum atomic E-state index is -0.773. The van der Waals surface area contributed by atoms with Gasteiger partial charge < -0.3 is 14.2 Å². The highest BCUT2D eigenvalue weighted by atomic mass is 16.6. The summed E-state index contributed by atoms with van der Waals surface area (Å²) in [5, 5.41) is 0. The van der Waals surface area contributed by atoms with Crippen molar-refractivity contribution < 1.29 is 28.6 Å². The first-order chi connectivity index (χ1) is 37.0. The van der Waals surface area contributed by atoms with Gasteiger partial charge in [-0.25, -0.2) is 0 Å². The summed E-state index contributed by atoms with van der Waals surface area (Å²) in [6, 6.07) is 0. The molecule has 0 aromatic carbocycles. The summed E-state index contributed by atoms with van der Waals surface area (Å²) in [5.41, 5.74) is 0. The van der Waals surface area contributed by atoms with E-state index in [0.29, 0.717) is 19.3 Å². The molecule has 0 aliphatic heterocycles. The third-order valence-electron chi connectivity index (χ3n) is 15.4. The number of allylic oxidation sites excluding steroid dienone is 4. The van der Waals surface area contributed by atoms with Crippen LogP contribution in [0.1, 0.15) is 380 Å². The van der Waals surface area contributed by atoms with Crippen LogP contribution in [-0.4, -0.2) is 37.2 Å². The van der Waals surface area contributed by atoms with Crippen LogP contribution in [0.15, 0.2) is 24.3 Å². The molecule has 0 bridgehead atoms. The minimum Gasteiger partial charge on any atom is -0.462 e.